The van der Waals surface area contributed by atoms with Crippen molar-refractivity contribution >= 4 is 33.9 Å². The minimum absolute atomic E-state index is 0.152. The quantitative estimate of drug-likeness (QED) is 0.567. The molecule has 0 saturated carbocycles. The van der Waals surface area contributed by atoms with Gasteiger partial charge < -0.3 is 4.42 Å². The topological polar surface area (TPSA) is 51.2 Å². The fourth-order valence-corrected chi connectivity index (χ4v) is 3.28. The lowest BCUT2D eigenvalue weighted by Gasteiger charge is -2.13. The van der Waals surface area contributed by atoms with Gasteiger partial charge in [-0.2, -0.15) is 0 Å². The van der Waals surface area contributed by atoms with Gasteiger partial charge in [0.15, 0.2) is 0 Å². The van der Waals surface area contributed by atoms with Crippen LogP contribution < -0.4 is 11.3 Å². The maximum atomic E-state index is 6.17. The van der Waals surface area contributed by atoms with E-state index in [1.54, 1.807) is 17.6 Å². The Morgan fingerprint density at radius 1 is 1.28 bits per heavy atom. The van der Waals surface area contributed by atoms with E-state index in [9.17, 15) is 0 Å². The molecule has 5 heteroatoms. The molecule has 1 unspecified atom stereocenters. The Bertz CT molecular complexity index is 676. The summed E-state index contributed by atoms with van der Waals surface area (Å²) in [5.74, 6) is 5.67. The summed E-state index contributed by atoms with van der Waals surface area (Å²) in [6.45, 7) is 0. The van der Waals surface area contributed by atoms with E-state index in [0.717, 1.165) is 21.4 Å². The second-order valence-electron chi connectivity index (χ2n) is 3.92. The van der Waals surface area contributed by atoms with Crippen molar-refractivity contribution in [3.05, 3.63) is 57.4 Å². The average Bonchev–Trinajstić information content (AvgIpc) is 2.99. The highest BCUT2D eigenvalue weighted by Gasteiger charge is 2.21. The van der Waals surface area contributed by atoms with Crippen LogP contribution in [0.4, 0.5) is 0 Å². The summed E-state index contributed by atoms with van der Waals surface area (Å²) in [7, 11) is 0. The van der Waals surface area contributed by atoms with E-state index in [2.05, 4.69) is 5.43 Å². The van der Waals surface area contributed by atoms with Gasteiger partial charge in [0.2, 0.25) is 0 Å². The highest BCUT2D eigenvalue weighted by Crippen LogP contribution is 2.36. The standard InChI is InChI=1S/C13H11ClN2OS/c14-10-5-6-18-13(10)12(16-15)9-7-17-11-4-2-1-3-8(9)11/h1-7,12,16H,15H2. The lowest BCUT2D eigenvalue weighted by Crippen LogP contribution is -2.28. The number of nitrogens with two attached hydrogens (primary N) is 1. The first-order valence-electron chi connectivity index (χ1n) is 5.46. The Balaban J connectivity index is 2.15. The maximum Gasteiger partial charge on any atom is 0.134 e. The largest absolute Gasteiger partial charge is 0.464 e. The fraction of sp³-hybridized carbons (Fsp3) is 0.0769. The van der Waals surface area contributed by atoms with E-state index in [4.69, 9.17) is 21.9 Å². The van der Waals surface area contributed by atoms with E-state index in [-0.39, 0.29) is 6.04 Å². The zero-order valence-electron chi connectivity index (χ0n) is 9.39. The third-order valence-electron chi connectivity index (χ3n) is 2.90. The van der Waals surface area contributed by atoms with Crippen LogP contribution in [-0.4, -0.2) is 0 Å². The smallest absolute Gasteiger partial charge is 0.134 e. The molecule has 1 aromatic carbocycles. The molecule has 3 nitrogen and oxygen atoms in total. The van der Waals surface area contributed by atoms with Crippen LogP contribution in [0, 0.1) is 0 Å². The zero-order chi connectivity index (χ0) is 12.5. The van der Waals surface area contributed by atoms with Crippen molar-refractivity contribution in [3.63, 3.8) is 0 Å². The summed E-state index contributed by atoms with van der Waals surface area (Å²) in [5, 5.41) is 3.71. The second-order valence-corrected chi connectivity index (χ2v) is 5.27. The van der Waals surface area contributed by atoms with Gasteiger partial charge in [0.25, 0.3) is 0 Å². The summed E-state index contributed by atoms with van der Waals surface area (Å²) in [5.41, 5.74) is 4.65. The Morgan fingerprint density at radius 3 is 2.83 bits per heavy atom. The molecule has 92 valence electrons. The van der Waals surface area contributed by atoms with Gasteiger partial charge in [-0.05, 0) is 17.5 Å². The highest BCUT2D eigenvalue weighted by molar-refractivity contribution is 7.10. The van der Waals surface area contributed by atoms with E-state index < -0.39 is 0 Å². The summed E-state index contributed by atoms with van der Waals surface area (Å²) in [6.07, 6.45) is 1.73. The van der Waals surface area contributed by atoms with Gasteiger partial charge in [0, 0.05) is 15.8 Å². The monoisotopic (exact) mass is 278 g/mol. The molecule has 0 amide bonds. The van der Waals surface area contributed by atoms with Gasteiger partial charge in [-0.1, -0.05) is 29.8 Å². The molecule has 2 heterocycles. The van der Waals surface area contributed by atoms with Crippen molar-refractivity contribution in [2.75, 3.05) is 0 Å². The number of rotatable bonds is 3. The minimum atomic E-state index is -0.152. The third-order valence-corrected chi connectivity index (χ3v) is 4.32. The Hall–Kier alpha value is -1.33. The Kier molecular flexibility index (Phi) is 3.09. The van der Waals surface area contributed by atoms with Crippen molar-refractivity contribution in [1.82, 2.24) is 5.43 Å². The predicted octanol–water partition coefficient (Wildman–Crippen LogP) is 3.70. The third kappa shape index (κ3) is 1.83. The molecule has 18 heavy (non-hydrogen) atoms. The molecular weight excluding hydrogens is 268 g/mol. The molecule has 2 aromatic heterocycles. The van der Waals surface area contributed by atoms with Crippen LogP contribution in [0.1, 0.15) is 16.5 Å². The Morgan fingerprint density at radius 2 is 2.11 bits per heavy atom. The number of nitrogens with one attached hydrogen (secondary N) is 1. The van der Waals surface area contributed by atoms with Gasteiger partial charge in [-0.3, -0.25) is 5.84 Å². The number of para-hydroxylation sites is 1. The summed E-state index contributed by atoms with van der Waals surface area (Å²) in [4.78, 5) is 0.991. The first-order valence-corrected chi connectivity index (χ1v) is 6.72. The van der Waals surface area contributed by atoms with E-state index >= 15 is 0 Å². The van der Waals surface area contributed by atoms with Gasteiger partial charge in [0.1, 0.15) is 5.58 Å². The number of thiophene rings is 1. The average molecular weight is 279 g/mol. The van der Waals surface area contributed by atoms with Crippen molar-refractivity contribution in [3.8, 4) is 0 Å². The number of hydrogen-bond donors (Lipinski definition) is 2. The van der Waals surface area contributed by atoms with E-state index in [1.807, 2.05) is 35.7 Å². The number of halogens is 1. The molecule has 0 radical (unpaired) electrons. The lowest BCUT2D eigenvalue weighted by atomic mass is 10.1. The van der Waals surface area contributed by atoms with Gasteiger partial charge >= 0.3 is 0 Å². The SMILES string of the molecule is NNC(c1sccc1Cl)c1coc2ccccc12. The van der Waals surface area contributed by atoms with Crippen molar-refractivity contribution in [2.24, 2.45) is 5.84 Å². The van der Waals surface area contributed by atoms with E-state index in [0.29, 0.717) is 5.02 Å². The maximum absolute atomic E-state index is 6.17. The van der Waals surface area contributed by atoms with Crippen LogP contribution in [0.3, 0.4) is 0 Å². The van der Waals surface area contributed by atoms with Crippen molar-refractivity contribution in [1.29, 1.82) is 0 Å². The fourth-order valence-electron chi connectivity index (χ4n) is 2.04. The second kappa shape index (κ2) is 4.74. The molecule has 0 aliphatic rings. The molecule has 0 fully saturated rings. The number of benzene rings is 1. The molecule has 3 aromatic rings. The number of hydrazine groups is 1. The molecule has 0 spiro atoms. The number of fused-ring (bicyclic) bond motifs is 1. The molecule has 0 saturated heterocycles. The van der Waals surface area contributed by atoms with Gasteiger partial charge in [-0.25, -0.2) is 5.43 Å². The molecule has 0 aliphatic carbocycles. The predicted molar refractivity (Wildman–Crippen MR) is 74.7 cm³/mol. The van der Waals surface area contributed by atoms with Crippen LogP contribution in [0.25, 0.3) is 11.0 Å². The molecule has 3 rings (SSSR count). The molecule has 1 atom stereocenters. The normalized spacial score (nSPS) is 13.0. The van der Waals surface area contributed by atoms with Gasteiger partial charge in [0.05, 0.1) is 17.3 Å². The zero-order valence-corrected chi connectivity index (χ0v) is 11.0. The summed E-state index contributed by atoms with van der Waals surface area (Å²) >= 11 is 7.74. The van der Waals surface area contributed by atoms with Crippen LogP contribution in [0.5, 0.6) is 0 Å². The van der Waals surface area contributed by atoms with Crippen LogP contribution in [0.15, 0.2) is 46.4 Å². The highest BCUT2D eigenvalue weighted by atomic mass is 35.5. The van der Waals surface area contributed by atoms with Crippen molar-refractivity contribution < 1.29 is 4.42 Å². The lowest BCUT2D eigenvalue weighted by molar-refractivity contribution is 0.589. The minimum Gasteiger partial charge on any atom is -0.464 e. The molecule has 0 bridgehead atoms. The number of hydrogen-bond acceptors (Lipinski definition) is 4. The first kappa shape index (κ1) is 11.7. The van der Waals surface area contributed by atoms with Crippen LogP contribution >= 0.6 is 22.9 Å². The van der Waals surface area contributed by atoms with Crippen LogP contribution in [-0.2, 0) is 0 Å². The van der Waals surface area contributed by atoms with Crippen molar-refractivity contribution in [2.45, 2.75) is 6.04 Å². The molecular formula is C13H11ClN2OS. The van der Waals surface area contributed by atoms with Crippen LogP contribution in [0.2, 0.25) is 5.02 Å². The van der Waals surface area contributed by atoms with Gasteiger partial charge in [-0.15, -0.1) is 11.3 Å². The van der Waals surface area contributed by atoms with E-state index in [1.165, 1.54) is 0 Å². The first-order chi connectivity index (χ1) is 8.81. The molecule has 0 aliphatic heterocycles. The summed E-state index contributed by atoms with van der Waals surface area (Å²) < 4.78 is 5.54. The Labute approximate surface area is 113 Å². The molecule has 3 N–H and O–H groups in total. The summed E-state index contributed by atoms with van der Waals surface area (Å²) in [6, 6.07) is 9.58. The number of furan rings is 1.